The minimum absolute atomic E-state index is 0.0867. The number of nitrogens with one attached hydrogen (secondary N) is 1. The van der Waals surface area contributed by atoms with Crippen molar-refractivity contribution in [2.75, 3.05) is 0 Å². The Morgan fingerprint density at radius 2 is 1.90 bits per heavy atom. The molecule has 0 radical (unpaired) electrons. The molecule has 20 heavy (non-hydrogen) atoms. The van der Waals surface area contributed by atoms with E-state index in [1.807, 2.05) is 30.3 Å². The summed E-state index contributed by atoms with van der Waals surface area (Å²) in [6.07, 6.45) is 0.801. The molecular formula is C15H14IN3S. The highest BCUT2D eigenvalue weighted by Crippen LogP contribution is 2.27. The maximum Gasteiger partial charge on any atom is 0.0958 e. The van der Waals surface area contributed by atoms with Crippen molar-refractivity contribution in [3.8, 4) is 0 Å². The second kappa shape index (κ2) is 6.17. The maximum absolute atomic E-state index is 5.74. The van der Waals surface area contributed by atoms with Gasteiger partial charge in [0.15, 0.2) is 0 Å². The van der Waals surface area contributed by atoms with Gasteiger partial charge >= 0.3 is 0 Å². The van der Waals surface area contributed by atoms with Crippen LogP contribution in [-0.2, 0) is 6.42 Å². The van der Waals surface area contributed by atoms with Crippen molar-refractivity contribution < 1.29 is 0 Å². The first-order valence-corrected chi connectivity index (χ1v) is 8.22. The van der Waals surface area contributed by atoms with E-state index >= 15 is 0 Å². The topological polar surface area (TPSA) is 50.9 Å². The first kappa shape index (κ1) is 13.9. The number of para-hydroxylation sites is 1. The number of benzene rings is 2. The van der Waals surface area contributed by atoms with E-state index in [2.05, 4.69) is 51.2 Å². The highest BCUT2D eigenvalue weighted by Gasteiger charge is 2.15. The van der Waals surface area contributed by atoms with Crippen LogP contribution in [0.3, 0.4) is 0 Å². The van der Waals surface area contributed by atoms with Crippen LogP contribution in [-0.4, -0.2) is 4.98 Å². The third-order valence-electron chi connectivity index (χ3n) is 3.20. The molecule has 0 fully saturated rings. The van der Waals surface area contributed by atoms with E-state index in [-0.39, 0.29) is 6.04 Å². The van der Waals surface area contributed by atoms with Crippen molar-refractivity contribution in [3.05, 3.63) is 62.7 Å². The third kappa shape index (κ3) is 2.85. The lowest BCUT2D eigenvalue weighted by Gasteiger charge is -2.16. The monoisotopic (exact) mass is 395 g/mol. The highest BCUT2D eigenvalue weighted by atomic mass is 127. The Hall–Kier alpha value is -1.02. The van der Waals surface area contributed by atoms with E-state index in [1.54, 1.807) is 11.3 Å². The number of nitrogens with two attached hydrogens (primary N) is 1. The van der Waals surface area contributed by atoms with Crippen LogP contribution in [0, 0.1) is 3.57 Å². The number of hydrazine groups is 1. The number of hydrogen-bond donors (Lipinski definition) is 2. The molecule has 0 amide bonds. The molecule has 3 nitrogen and oxygen atoms in total. The quantitative estimate of drug-likeness (QED) is 0.403. The van der Waals surface area contributed by atoms with Crippen molar-refractivity contribution in [1.29, 1.82) is 0 Å². The average molecular weight is 395 g/mol. The van der Waals surface area contributed by atoms with Crippen LogP contribution >= 0.6 is 33.9 Å². The van der Waals surface area contributed by atoms with Crippen LogP contribution < -0.4 is 11.3 Å². The van der Waals surface area contributed by atoms with Crippen molar-refractivity contribution in [2.45, 2.75) is 12.5 Å². The number of hydrogen-bond acceptors (Lipinski definition) is 4. The van der Waals surface area contributed by atoms with Gasteiger partial charge < -0.3 is 0 Å². The number of aromatic nitrogens is 1. The standard InChI is InChI=1S/C15H14IN3S/c16-11-6-2-1-5-10(11)13(19-17)9-15-18-12-7-3-4-8-14(12)20-15/h1-8,13,19H,9,17H2. The molecule has 1 atom stereocenters. The Labute approximate surface area is 135 Å². The molecule has 3 aromatic rings. The Bertz CT molecular complexity index is 693. The van der Waals surface area contributed by atoms with E-state index in [1.165, 1.54) is 13.8 Å². The molecule has 1 heterocycles. The summed E-state index contributed by atoms with van der Waals surface area (Å²) in [5.74, 6) is 5.74. The molecule has 5 heteroatoms. The lowest BCUT2D eigenvalue weighted by atomic mass is 10.1. The minimum atomic E-state index is 0.0867. The maximum atomic E-state index is 5.74. The fraction of sp³-hybridized carbons (Fsp3) is 0.133. The van der Waals surface area contributed by atoms with E-state index in [0.29, 0.717) is 0 Å². The van der Waals surface area contributed by atoms with Crippen LogP contribution in [0.5, 0.6) is 0 Å². The van der Waals surface area contributed by atoms with Gasteiger partial charge in [0, 0.05) is 9.99 Å². The molecule has 1 aromatic heterocycles. The van der Waals surface area contributed by atoms with E-state index < -0.39 is 0 Å². The molecule has 0 bridgehead atoms. The lowest BCUT2D eigenvalue weighted by Crippen LogP contribution is -2.30. The fourth-order valence-corrected chi connectivity index (χ4v) is 3.97. The van der Waals surface area contributed by atoms with Gasteiger partial charge in [-0.15, -0.1) is 11.3 Å². The van der Waals surface area contributed by atoms with Crippen molar-refractivity contribution >= 4 is 44.1 Å². The Balaban J connectivity index is 1.90. The first-order chi connectivity index (χ1) is 9.78. The van der Waals surface area contributed by atoms with Crippen LogP contribution in [0.1, 0.15) is 16.6 Å². The zero-order valence-electron chi connectivity index (χ0n) is 10.7. The highest BCUT2D eigenvalue weighted by molar-refractivity contribution is 14.1. The van der Waals surface area contributed by atoms with Crippen LogP contribution in [0.4, 0.5) is 0 Å². The van der Waals surface area contributed by atoms with Gasteiger partial charge in [-0.2, -0.15) is 0 Å². The van der Waals surface area contributed by atoms with Gasteiger partial charge in [0.05, 0.1) is 21.3 Å². The molecule has 0 saturated heterocycles. The van der Waals surface area contributed by atoms with Crippen molar-refractivity contribution in [1.82, 2.24) is 10.4 Å². The van der Waals surface area contributed by atoms with Gasteiger partial charge in [-0.1, -0.05) is 30.3 Å². The molecule has 0 saturated carbocycles. The van der Waals surface area contributed by atoms with E-state index in [9.17, 15) is 0 Å². The van der Waals surface area contributed by atoms with Crippen molar-refractivity contribution in [2.24, 2.45) is 5.84 Å². The second-order valence-corrected chi connectivity index (χ2v) is 6.80. The largest absolute Gasteiger partial charge is 0.271 e. The molecule has 0 aliphatic heterocycles. The summed E-state index contributed by atoms with van der Waals surface area (Å²) in [5, 5.41) is 1.11. The van der Waals surface area contributed by atoms with E-state index in [4.69, 9.17) is 5.84 Å². The summed E-state index contributed by atoms with van der Waals surface area (Å²) < 4.78 is 2.44. The molecule has 0 spiro atoms. The van der Waals surface area contributed by atoms with Gasteiger partial charge in [0.25, 0.3) is 0 Å². The van der Waals surface area contributed by atoms with Gasteiger partial charge in [-0.05, 0) is 46.4 Å². The predicted molar refractivity (Wildman–Crippen MR) is 92.5 cm³/mol. The molecule has 1 unspecified atom stereocenters. The summed E-state index contributed by atoms with van der Waals surface area (Å²) in [4.78, 5) is 4.68. The van der Waals surface area contributed by atoms with Crippen LogP contribution in [0.25, 0.3) is 10.2 Å². The number of nitrogens with zero attached hydrogens (tertiary/aromatic N) is 1. The fourth-order valence-electron chi connectivity index (χ4n) is 2.20. The molecule has 0 aliphatic rings. The number of thiazole rings is 1. The van der Waals surface area contributed by atoms with Gasteiger partial charge in [-0.25, -0.2) is 4.98 Å². The van der Waals surface area contributed by atoms with Gasteiger partial charge in [-0.3, -0.25) is 11.3 Å². The third-order valence-corrected chi connectivity index (χ3v) is 5.24. The normalized spacial score (nSPS) is 12.7. The van der Waals surface area contributed by atoms with E-state index in [0.717, 1.165) is 16.9 Å². The molecule has 2 aromatic carbocycles. The first-order valence-electron chi connectivity index (χ1n) is 6.33. The summed E-state index contributed by atoms with van der Waals surface area (Å²) >= 11 is 4.08. The number of rotatable bonds is 4. The smallest absolute Gasteiger partial charge is 0.0958 e. The Morgan fingerprint density at radius 3 is 2.65 bits per heavy atom. The Morgan fingerprint density at radius 1 is 1.15 bits per heavy atom. The predicted octanol–water partition coefficient (Wildman–Crippen LogP) is 3.65. The van der Waals surface area contributed by atoms with Gasteiger partial charge in [0.2, 0.25) is 0 Å². The number of fused-ring (bicyclic) bond motifs is 1. The summed E-state index contributed by atoms with van der Waals surface area (Å²) in [7, 11) is 0. The average Bonchev–Trinajstić information content (AvgIpc) is 2.88. The molecule has 102 valence electrons. The second-order valence-electron chi connectivity index (χ2n) is 4.52. The van der Waals surface area contributed by atoms with Crippen molar-refractivity contribution in [3.63, 3.8) is 0 Å². The molecule has 0 aliphatic carbocycles. The summed E-state index contributed by atoms with van der Waals surface area (Å²) in [6, 6.07) is 16.6. The SMILES string of the molecule is NNC(Cc1nc2ccccc2s1)c1ccccc1I. The van der Waals surface area contributed by atoms with Crippen LogP contribution in [0.2, 0.25) is 0 Å². The van der Waals surface area contributed by atoms with Gasteiger partial charge in [0.1, 0.15) is 0 Å². The zero-order chi connectivity index (χ0) is 13.9. The Kier molecular flexibility index (Phi) is 4.30. The zero-order valence-corrected chi connectivity index (χ0v) is 13.7. The van der Waals surface area contributed by atoms with Crippen LogP contribution in [0.15, 0.2) is 48.5 Å². The minimum Gasteiger partial charge on any atom is -0.271 e. The molecular weight excluding hydrogens is 381 g/mol. The number of halogens is 1. The summed E-state index contributed by atoms with van der Waals surface area (Å²) in [6.45, 7) is 0. The summed E-state index contributed by atoms with van der Waals surface area (Å²) in [5.41, 5.74) is 5.19. The molecule has 3 N–H and O–H groups in total. The lowest BCUT2D eigenvalue weighted by molar-refractivity contribution is 0.549. The molecule has 3 rings (SSSR count).